The summed E-state index contributed by atoms with van der Waals surface area (Å²) in [4.78, 5) is 9.51. The minimum atomic E-state index is 0. The number of nitrogens with zero attached hydrogens (tertiary/aromatic N) is 2. The maximum absolute atomic E-state index is 5.96. The van der Waals surface area contributed by atoms with Crippen LogP contribution < -0.4 is 11.1 Å². The number of nitrogens with two attached hydrogens (primary N) is 1. The van der Waals surface area contributed by atoms with Crippen molar-refractivity contribution in [3.8, 4) is 0 Å². The van der Waals surface area contributed by atoms with Crippen LogP contribution >= 0.6 is 36.4 Å². The molecule has 0 aliphatic carbocycles. The molecule has 0 radical (unpaired) electrons. The van der Waals surface area contributed by atoms with E-state index >= 15 is 0 Å². The summed E-state index contributed by atoms with van der Waals surface area (Å²) in [6.45, 7) is 5.85. The molecule has 0 spiro atoms. The number of hydrogen-bond donors (Lipinski definition) is 2. The number of hydrogen-bond acceptors (Lipinski definition) is 4. The van der Waals surface area contributed by atoms with Crippen molar-refractivity contribution >= 4 is 65.3 Å². The third kappa shape index (κ3) is 7.13. The van der Waals surface area contributed by atoms with Crippen LogP contribution in [-0.2, 0) is 0 Å². The van der Waals surface area contributed by atoms with Gasteiger partial charge in [0, 0.05) is 17.0 Å². The molecule has 0 unspecified atom stereocenters. The van der Waals surface area contributed by atoms with Crippen LogP contribution in [0.2, 0.25) is 5.02 Å². The first kappa shape index (κ1) is 26.2. The van der Waals surface area contributed by atoms with Gasteiger partial charge in [0.05, 0.1) is 5.52 Å². The van der Waals surface area contributed by atoms with Gasteiger partial charge in [-0.2, -0.15) is 0 Å². The normalized spacial score (nSPS) is 10.7. The summed E-state index contributed by atoms with van der Waals surface area (Å²) >= 11 is 5.96. The molecule has 3 aromatic rings. The highest BCUT2D eigenvalue weighted by molar-refractivity contribution is 6.30. The molecule has 0 aliphatic heterocycles. The SMILES string of the molecule is Cc1cc2nc(/C=C/c3ccc(Cl)cc3)nc(NCCCCCN)c2cc1C.Cl.Cl. The van der Waals surface area contributed by atoms with Crippen molar-refractivity contribution in [1.29, 1.82) is 0 Å². The monoisotopic (exact) mass is 466 g/mol. The second-order valence-corrected chi connectivity index (χ2v) is 7.48. The smallest absolute Gasteiger partial charge is 0.154 e. The van der Waals surface area contributed by atoms with E-state index in [1.165, 1.54) is 11.1 Å². The Bertz CT molecular complexity index is 972. The minimum absolute atomic E-state index is 0. The van der Waals surface area contributed by atoms with Gasteiger partial charge in [-0.25, -0.2) is 9.97 Å². The molecule has 0 amide bonds. The number of aromatic nitrogens is 2. The summed E-state index contributed by atoms with van der Waals surface area (Å²) in [7, 11) is 0. The van der Waals surface area contributed by atoms with Gasteiger partial charge in [0.25, 0.3) is 0 Å². The third-order valence-electron chi connectivity index (χ3n) is 4.80. The standard InChI is InChI=1S/C23H27ClN4.2ClH/c1-16-14-20-21(15-17(16)2)27-22(11-8-18-6-9-19(24)10-7-18)28-23(20)26-13-5-3-4-12-25;;/h6-11,14-15H,3-5,12-13,25H2,1-2H3,(H,26,27,28);2*1H/b11-8+;;. The number of aryl methyl sites for hydroxylation is 2. The number of anilines is 1. The zero-order valence-corrected chi connectivity index (χ0v) is 19.7. The van der Waals surface area contributed by atoms with E-state index in [9.17, 15) is 0 Å². The molecule has 0 aliphatic rings. The first-order valence-electron chi connectivity index (χ1n) is 9.73. The molecular weight excluding hydrogens is 439 g/mol. The minimum Gasteiger partial charge on any atom is -0.369 e. The summed E-state index contributed by atoms with van der Waals surface area (Å²) in [6.07, 6.45) is 7.19. The fourth-order valence-electron chi connectivity index (χ4n) is 3.01. The molecule has 7 heteroatoms. The van der Waals surface area contributed by atoms with Gasteiger partial charge in [0.15, 0.2) is 5.82 Å². The first-order valence-corrected chi connectivity index (χ1v) is 10.1. The maximum Gasteiger partial charge on any atom is 0.154 e. The Morgan fingerprint density at radius 2 is 1.63 bits per heavy atom. The fourth-order valence-corrected chi connectivity index (χ4v) is 3.14. The molecule has 4 nitrogen and oxygen atoms in total. The summed E-state index contributed by atoms with van der Waals surface area (Å²) in [6, 6.07) is 12.0. The molecule has 3 N–H and O–H groups in total. The second-order valence-electron chi connectivity index (χ2n) is 7.05. The summed E-state index contributed by atoms with van der Waals surface area (Å²) < 4.78 is 0. The lowest BCUT2D eigenvalue weighted by Gasteiger charge is -2.11. The molecule has 0 atom stereocenters. The van der Waals surface area contributed by atoms with E-state index in [2.05, 4.69) is 31.3 Å². The van der Waals surface area contributed by atoms with Crippen LogP contribution in [0.15, 0.2) is 36.4 Å². The lowest BCUT2D eigenvalue weighted by atomic mass is 10.1. The molecule has 162 valence electrons. The molecule has 2 aromatic carbocycles. The van der Waals surface area contributed by atoms with Crippen LogP contribution in [0.4, 0.5) is 5.82 Å². The van der Waals surface area contributed by atoms with Gasteiger partial charge in [0.1, 0.15) is 5.82 Å². The van der Waals surface area contributed by atoms with E-state index in [1.54, 1.807) is 0 Å². The Morgan fingerprint density at radius 3 is 2.33 bits per heavy atom. The summed E-state index contributed by atoms with van der Waals surface area (Å²) in [5.74, 6) is 1.58. The highest BCUT2D eigenvalue weighted by atomic mass is 35.5. The highest BCUT2D eigenvalue weighted by Crippen LogP contribution is 2.25. The number of halogens is 3. The van der Waals surface area contributed by atoms with Crippen LogP contribution in [0.1, 0.15) is 41.8 Å². The Balaban J connectivity index is 0.00000225. The van der Waals surface area contributed by atoms with Crippen LogP contribution in [0.3, 0.4) is 0 Å². The van der Waals surface area contributed by atoms with Crippen molar-refractivity contribution in [3.05, 3.63) is 63.9 Å². The molecule has 3 rings (SSSR count). The second kappa shape index (κ2) is 12.8. The molecule has 0 bridgehead atoms. The average molecular weight is 468 g/mol. The molecule has 0 fully saturated rings. The van der Waals surface area contributed by atoms with Crippen molar-refractivity contribution in [3.63, 3.8) is 0 Å². The van der Waals surface area contributed by atoms with Crippen molar-refractivity contribution < 1.29 is 0 Å². The van der Waals surface area contributed by atoms with Crippen molar-refractivity contribution in [1.82, 2.24) is 9.97 Å². The van der Waals surface area contributed by atoms with Gasteiger partial charge in [-0.3, -0.25) is 0 Å². The van der Waals surface area contributed by atoms with Crippen molar-refractivity contribution in [2.24, 2.45) is 5.73 Å². The van der Waals surface area contributed by atoms with E-state index in [0.717, 1.165) is 59.7 Å². The van der Waals surface area contributed by atoms with Gasteiger partial charge in [0.2, 0.25) is 0 Å². The van der Waals surface area contributed by atoms with Crippen molar-refractivity contribution in [2.45, 2.75) is 33.1 Å². The fraction of sp³-hybridized carbons (Fsp3) is 0.304. The topological polar surface area (TPSA) is 63.8 Å². The molecule has 1 aromatic heterocycles. The molecule has 1 heterocycles. The quantitative estimate of drug-likeness (QED) is 0.373. The van der Waals surface area contributed by atoms with Gasteiger partial charge in [-0.15, -0.1) is 24.8 Å². The first-order chi connectivity index (χ1) is 13.6. The van der Waals surface area contributed by atoms with E-state index in [-0.39, 0.29) is 24.8 Å². The number of rotatable bonds is 8. The highest BCUT2D eigenvalue weighted by Gasteiger charge is 2.08. The van der Waals surface area contributed by atoms with E-state index < -0.39 is 0 Å². The van der Waals surface area contributed by atoms with Gasteiger partial charge in [-0.05, 0) is 80.3 Å². The van der Waals surface area contributed by atoms with E-state index in [4.69, 9.17) is 27.3 Å². The maximum atomic E-state index is 5.96. The lowest BCUT2D eigenvalue weighted by Crippen LogP contribution is -2.07. The Labute approximate surface area is 196 Å². The van der Waals surface area contributed by atoms with Crippen molar-refractivity contribution in [2.75, 3.05) is 18.4 Å². The van der Waals surface area contributed by atoms with Gasteiger partial charge in [-0.1, -0.05) is 36.2 Å². The van der Waals surface area contributed by atoms with Crippen LogP contribution in [0.25, 0.3) is 23.1 Å². The Kier molecular flexibility index (Phi) is 11.1. The zero-order valence-electron chi connectivity index (χ0n) is 17.3. The Hall–Kier alpha value is -1.85. The Morgan fingerprint density at radius 1 is 0.933 bits per heavy atom. The largest absolute Gasteiger partial charge is 0.369 e. The molecule has 0 saturated carbocycles. The van der Waals surface area contributed by atoms with Gasteiger partial charge < -0.3 is 11.1 Å². The van der Waals surface area contributed by atoms with E-state index in [1.807, 2.05) is 36.4 Å². The molecule has 0 saturated heterocycles. The predicted molar refractivity (Wildman–Crippen MR) is 135 cm³/mol. The number of unbranched alkanes of at least 4 members (excludes halogenated alkanes) is 2. The average Bonchev–Trinajstić information content (AvgIpc) is 2.68. The van der Waals surface area contributed by atoms with Gasteiger partial charge >= 0.3 is 0 Å². The molecule has 30 heavy (non-hydrogen) atoms. The third-order valence-corrected chi connectivity index (χ3v) is 5.05. The summed E-state index contributed by atoms with van der Waals surface area (Å²) in [5, 5.41) is 5.28. The number of fused-ring (bicyclic) bond motifs is 1. The summed E-state index contributed by atoms with van der Waals surface area (Å²) in [5.41, 5.74) is 10.1. The number of benzene rings is 2. The molecular formula is C23H29Cl3N4. The van der Waals surface area contributed by atoms with E-state index in [0.29, 0.717) is 5.82 Å². The van der Waals surface area contributed by atoms with Crippen LogP contribution in [0.5, 0.6) is 0 Å². The van der Waals surface area contributed by atoms with Crippen LogP contribution in [-0.4, -0.2) is 23.1 Å². The number of nitrogens with one attached hydrogen (secondary N) is 1. The zero-order chi connectivity index (χ0) is 19.9. The van der Waals surface area contributed by atoms with Crippen LogP contribution in [0, 0.1) is 13.8 Å². The predicted octanol–water partition coefficient (Wildman–Crippen LogP) is 6.45. The lowest BCUT2D eigenvalue weighted by molar-refractivity contribution is 0.706.